The van der Waals surface area contributed by atoms with Gasteiger partial charge in [-0.05, 0) is 24.3 Å². The Balaban J connectivity index is 0.000000191. The molecule has 0 unspecified atom stereocenters. The molecular formula is C15H16O4. The maximum Gasteiger partial charge on any atom is 0.220 e. The van der Waals surface area contributed by atoms with Gasteiger partial charge in [-0.15, -0.1) is 0 Å². The smallest absolute Gasteiger partial charge is 0.220 e. The van der Waals surface area contributed by atoms with Gasteiger partial charge in [0, 0.05) is 0 Å². The third-order valence-electron chi connectivity index (χ3n) is 2.08. The first kappa shape index (κ1) is 14.7. The van der Waals surface area contributed by atoms with Gasteiger partial charge < -0.3 is 14.9 Å². The third-order valence-corrected chi connectivity index (χ3v) is 2.08. The number of rotatable bonds is 3. The monoisotopic (exact) mass is 260 g/mol. The summed E-state index contributed by atoms with van der Waals surface area (Å²) in [5.74, 6) is 0.594. The van der Waals surface area contributed by atoms with Crippen LogP contribution in [0.15, 0.2) is 65.5 Å². The van der Waals surface area contributed by atoms with Crippen molar-refractivity contribution in [3.8, 4) is 11.5 Å². The molecule has 0 fully saturated rings. The van der Waals surface area contributed by atoms with Crippen LogP contribution < -0.4 is 10.2 Å². The van der Waals surface area contributed by atoms with E-state index in [0.717, 1.165) is 5.75 Å². The first-order valence-corrected chi connectivity index (χ1v) is 5.81. The van der Waals surface area contributed by atoms with E-state index in [-0.39, 0.29) is 17.8 Å². The third kappa shape index (κ3) is 6.24. The number of aliphatic hydroxyl groups excluding tert-OH is 1. The highest BCUT2D eigenvalue weighted by molar-refractivity contribution is 5.20. The highest BCUT2D eigenvalue weighted by Gasteiger charge is 1.87. The lowest BCUT2D eigenvalue weighted by Crippen LogP contribution is -2.00. The van der Waals surface area contributed by atoms with E-state index in [0.29, 0.717) is 6.61 Å². The fraction of sp³-hybridized carbons (Fsp3) is 0.133. The molecule has 0 amide bonds. The minimum atomic E-state index is -0.347. The lowest BCUT2D eigenvalue weighted by Gasteiger charge is -2.01. The highest BCUT2D eigenvalue weighted by Crippen LogP contribution is 2.07. The van der Waals surface area contributed by atoms with Crippen LogP contribution >= 0.6 is 0 Å². The van der Waals surface area contributed by atoms with E-state index in [1.807, 2.05) is 30.3 Å². The molecule has 0 spiro atoms. The summed E-state index contributed by atoms with van der Waals surface area (Å²) in [6.45, 7) is 0.429. The van der Waals surface area contributed by atoms with Gasteiger partial charge in [0.1, 0.15) is 12.4 Å². The predicted molar refractivity (Wildman–Crippen MR) is 73.4 cm³/mol. The molecule has 100 valence electrons. The summed E-state index contributed by atoms with van der Waals surface area (Å²) >= 11 is 0. The molecule has 0 atom stereocenters. The van der Waals surface area contributed by atoms with E-state index < -0.39 is 0 Å². The van der Waals surface area contributed by atoms with Crippen molar-refractivity contribution in [2.45, 2.75) is 0 Å². The average Bonchev–Trinajstić information content (AvgIpc) is 2.63. The average molecular weight is 260 g/mol. The van der Waals surface area contributed by atoms with Crippen LogP contribution in [-0.4, -0.2) is 23.4 Å². The Labute approximate surface area is 111 Å². The fourth-order valence-electron chi connectivity index (χ4n) is 1.20. The van der Waals surface area contributed by atoms with Gasteiger partial charge in [-0.25, -0.2) is 0 Å². The molecule has 0 bridgehead atoms. The largest absolute Gasteiger partial charge is 0.504 e. The molecule has 0 saturated carbocycles. The minimum Gasteiger partial charge on any atom is -0.504 e. The predicted octanol–water partition coefficient (Wildman–Crippen LogP) is 1.81. The van der Waals surface area contributed by atoms with Crippen molar-refractivity contribution in [3.05, 3.63) is 70.9 Å². The molecule has 2 aromatic rings. The Bertz CT molecular complexity index is 526. The topological polar surface area (TPSA) is 66.8 Å². The van der Waals surface area contributed by atoms with E-state index in [4.69, 9.17) is 14.9 Å². The number of hydrogen-bond acceptors (Lipinski definition) is 4. The van der Waals surface area contributed by atoms with Crippen LogP contribution in [0.4, 0.5) is 0 Å². The van der Waals surface area contributed by atoms with E-state index in [1.54, 1.807) is 18.2 Å². The highest BCUT2D eigenvalue weighted by atomic mass is 16.5. The molecule has 0 aromatic heterocycles. The summed E-state index contributed by atoms with van der Waals surface area (Å²) in [4.78, 5) is 10.6. The maximum atomic E-state index is 10.6. The SMILES string of the molecule is O=c1cccccc1O.OCCOc1ccccc1. The van der Waals surface area contributed by atoms with Crippen molar-refractivity contribution in [2.75, 3.05) is 13.2 Å². The summed E-state index contributed by atoms with van der Waals surface area (Å²) < 4.78 is 5.11. The summed E-state index contributed by atoms with van der Waals surface area (Å²) in [6, 6.07) is 17.0. The molecule has 4 heteroatoms. The molecule has 19 heavy (non-hydrogen) atoms. The Morgan fingerprint density at radius 2 is 1.47 bits per heavy atom. The van der Waals surface area contributed by atoms with Gasteiger partial charge in [0.05, 0.1) is 6.61 Å². The number of benzene rings is 1. The van der Waals surface area contributed by atoms with Crippen LogP contribution in [0.25, 0.3) is 0 Å². The van der Waals surface area contributed by atoms with Gasteiger partial charge in [0.25, 0.3) is 0 Å². The molecule has 4 nitrogen and oxygen atoms in total. The van der Waals surface area contributed by atoms with Crippen molar-refractivity contribution >= 4 is 0 Å². The first-order chi connectivity index (χ1) is 9.24. The van der Waals surface area contributed by atoms with E-state index in [9.17, 15) is 4.79 Å². The lowest BCUT2D eigenvalue weighted by atomic mass is 10.3. The quantitative estimate of drug-likeness (QED) is 0.883. The molecule has 0 aliphatic carbocycles. The lowest BCUT2D eigenvalue weighted by molar-refractivity contribution is 0.201. The van der Waals surface area contributed by atoms with Crippen LogP contribution in [-0.2, 0) is 0 Å². The Kier molecular flexibility index (Phi) is 6.76. The first-order valence-electron chi connectivity index (χ1n) is 5.81. The molecular weight excluding hydrogens is 244 g/mol. The van der Waals surface area contributed by atoms with Gasteiger partial charge in [0.15, 0.2) is 5.75 Å². The Hall–Kier alpha value is -2.33. The van der Waals surface area contributed by atoms with Crippen LogP contribution in [0, 0.1) is 0 Å². The normalized spacial score (nSPS) is 9.11. The standard InChI is InChI=1S/C8H10O2.C7H6O2/c9-6-7-10-8-4-2-1-3-5-8;8-6-4-2-1-3-5-7(6)9/h1-5,9H,6-7H2;1-5H,(H,8,9). The maximum absolute atomic E-state index is 10.6. The van der Waals surface area contributed by atoms with Crippen LogP contribution in [0.2, 0.25) is 0 Å². The van der Waals surface area contributed by atoms with Gasteiger partial charge >= 0.3 is 0 Å². The van der Waals surface area contributed by atoms with Crippen molar-refractivity contribution in [2.24, 2.45) is 0 Å². The molecule has 0 heterocycles. The van der Waals surface area contributed by atoms with Crippen molar-refractivity contribution in [3.63, 3.8) is 0 Å². The zero-order valence-electron chi connectivity index (χ0n) is 10.4. The van der Waals surface area contributed by atoms with Crippen molar-refractivity contribution in [1.29, 1.82) is 0 Å². The number of ether oxygens (including phenoxy) is 1. The molecule has 2 aromatic carbocycles. The second-order valence-corrected chi connectivity index (χ2v) is 3.55. The van der Waals surface area contributed by atoms with Gasteiger partial charge in [-0.3, -0.25) is 4.79 Å². The zero-order valence-corrected chi connectivity index (χ0v) is 10.4. The fourth-order valence-corrected chi connectivity index (χ4v) is 1.20. The summed E-state index contributed by atoms with van der Waals surface area (Å²) in [5, 5.41) is 17.2. The van der Waals surface area contributed by atoms with Crippen molar-refractivity contribution in [1.82, 2.24) is 0 Å². The molecule has 0 radical (unpaired) electrons. The van der Waals surface area contributed by atoms with Gasteiger partial charge in [0.2, 0.25) is 5.43 Å². The number of aromatic hydroxyl groups is 1. The molecule has 2 N–H and O–H groups in total. The van der Waals surface area contributed by atoms with Crippen LogP contribution in [0.1, 0.15) is 0 Å². The van der Waals surface area contributed by atoms with E-state index in [1.165, 1.54) is 12.1 Å². The number of aliphatic hydroxyl groups is 1. The van der Waals surface area contributed by atoms with E-state index >= 15 is 0 Å². The molecule has 0 saturated heterocycles. The van der Waals surface area contributed by atoms with E-state index in [2.05, 4.69) is 0 Å². The number of para-hydroxylation sites is 1. The summed E-state index contributed by atoms with van der Waals surface area (Å²) in [7, 11) is 0. The molecule has 0 aliphatic heterocycles. The van der Waals surface area contributed by atoms with Crippen LogP contribution in [0.5, 0.6) is 11.5 Å². The Morgan fingerprint density at radius 3 is 2.11 bits per heavy atom. The molecule has 0 aliphatic rings. The van der Waals surface area contributed by atoms with Crippen molar-refractivity contribution < 1.29 is 14.9 Å². The Morgan fingerprint density at radius 1 is 0.895 bits per heavy atom. The van der Waals surface area contributed by atoms with Crippen LogP contribution in [0.3, 0.4) is 0 Å². The van der Waals surface area contributed by atoms with Gasteiger partial charge in [-0.1, -0.05) is 36.4 Å². The molecule has 2 rings (SSSR count). The van der Waals surface area contributed by atoms with Gasteiger partial charge in [-0.2, -0.15) is 0 Å². The second kappa shape index (κ2) is 8.72. The minimum absolute atomic E-state index is 0.0644. The number of hydrogen-bond donors (Lipinski definition) is 2. The summed E-state index contributed by atoms with van der Waals surface area (Å²) in [6.07, 6.45) is 0. The zero-order chi connectivity index (χ0) is 13.9. The second-order valence-electron chi connectivity index (χ2n) is 3.55. The summed E-state index contributed by atoms with van der Waals surface area (Å²) in [5.41, 5.74) is -0.347.